The van der Waals surface area contributed by atoms with Gasteiger partial charge in [0.05, 0.1) is 26.4 Å². The molecule has 2 aromatic carbocycles. The van der Waals surface area contributed by atoms with Gasteiger partial charge in [0.15, 0.2) is 17.3 Å². The highest BCUT2D eigenvalue weighted by atomic mass is 16.5. The van der Waals surface area contributed by atoms with Crippen molar-refractivity contribution in [3.8, 4) is 22.8 Å². The summed E-state index contributed by atoms with van der Waals surface area (Å²) < 4.78 is 27.4. The molecule has 8 nitrogen and oxygen atoms in total. The number of carboxylic acid groups (broad SMARTS) is 1. The first-order valence-electron chi connectivity index (χ1n) is 9.54. The Hall–Kier alpha value is -3.78. The maximum Gasteiger partial charge on any atom is 0.307 e. The quantitative estimate of drug-likeness (QED) is 0.421. The van der Waals surface area contributed by atoms with Crippen molar-refractivity contribution >= 4 is 16.9 Å². The van der Waals surface area contributed by atoms with E-state index < -0.39 is 5.97 Å². The SMILES string of the molecule is COCc1cccc(-c2cc(COc3cc4occ(CC(=O)O)c4cc3OC)no2)c1. The number of rotatable bonds is 9. The zero-order valence-corrected chi connectivity index (χ0v) is 17.1. The number of methoxy groups -OCH3 is 2. The van der Waals surface area contributed by atoms with Gasteiger partial charge in [0, 0.05) is 35.8 Å². The summed E-state index contributed by atoms with van der Waals surface area (Å²) in [5.41, 5.74) is 3.63. The number of nitrogens with zero attached hydrogens (tertiary/aromatic N) is 1. The summed E-state index contributed by atoms with van der Waals surface area (Å²) in [6, 6.07) is 13.0. The van der Waals surface area contributed by atoms with Crippen LogP contribution in [0.15, 0.2) is 57.7 Å². The van der Waals surface area contributed by atoms with E-state index in [0.29, 0.717) is 46.1 Å². The van der Waals surface area contributed by atoms with Crippen LogP contribution >= 0.6 is 0 Å². The second kappa shape index (κ2) is 8.93. The van der Waals surface area contributed by atoms with Crippen molar-refractivity contribution < 1.29 is 33.1 Å². The van der Waals surface area contributed by atoms with Crippen molar-refractivity contribution in [3.63, 3.8) is 0 Å². The molecule has 0 aliphatic carbocycles. The molecule has 0 radical (unpaired) electrons. The van der Waals surface area contributed by atoms with E-state index >= 15 is 0 Å². The Labute approximate surface area is 177 Å². The van der Waals surface area contributed by atoms with Crippen LogP contribution < -0.4 is 9.47 Å². The fourth-order valence-electron chi connectivity index (χ4n) is 3.31. The van der Waals surface area contributed by atoms with Crippen LogP contribution in [-0.2, 0) is 29.2 Å². The third-order valence-corrected chi connectivity index (χ3v) is 4.74. The van der Waals surface area contributed by atoms with Crippen molar-refractivity contribution in [2.75, 3.05) is 14.2 Å². The molecule has 0 fully saturated rings. The summed E-state index contributed by atoms with van der Waals surface area (Å²) in [7, 11) is 3.17. The highest BCUT2D eigenvalue weighted by Crippen LogP contribution is 2.35. The smallest absolute Gasteiger partial charge is 0.307 e. The Morgan fingerprint density at radius 3 is 2.74 bits per heavy atom. The molecule has 2 aromatic heterocycles. The van der Waals surface area contributed by atoms with Gasteiger partial charge in [-0.2, -0.15) is 0 Å². The number of fused-ring (bicyclic) bond motifs is 1. The van der Waals surface area contributed by atoms with E-state index in [1.165, 1.54) is 13.4 Å². The number of hydrogen-bond acceptors (Lipinski definition) is 7. The van der Waals surface area contributed by atoms with E-state index in [-0.39, 0.29) is 13.0 Å². The molecule has 0 unspecified atom stereocenters. The molecule has 0 spiro atoms. The van der Waals surface area contributed by atoms with Gasteiger partial charge < -0.3 is 28.3 Å². The topological polar surface area (TPSA) is 104 Å². The number of carbonyl (C=O) groups is 1. The maximum atomic E-state index is 11.0. The van der Waals surface area contributed by atoms with Gasteiger partial charge in [0.2, 0.25) is 0 Å². The van der Waals surface area contributed by atoms with Crippen molar-refractivity contribution in [3.05, 3.63) is 65.5 Å². The number of ether oxygens (including phenoxy) is 3. The van der Waals surface area contributed by atoms with E-state index in [4.69, 9.17) is 28.3 Å². The lowest BCUT2D eigenvalue weighted by Gasteiger charge is -2.09. The average molecular weight is 423 g/mol. The molecular formula is C23H21NO7. The van der Waals surface area contributed by atoms with Crippen LogP contribution in [0.4, 0.5) is 0 Å². The lowest BCUT2D eigenvalue weighted by Crippen LogP contribution is -2.00. The number of aromatic nitrogens is 1. The standard InChI is InChI=1S/C23H21NO7/c1-27-11-14-4-3-5-15(6-14)19-8-17(24-31-19)13-30-22-10-20-18(9-21(22)28-2)16(12-29-20)7-23(25)26/h3-6,8-10,12H,7,11,13H2,1-2H3,(H,25,26). The molecule has 0 amide bonds. The van der Waals surface area contributed by atoms with Gasteiger partial charge in [-0.3, -0.25) is 4.79 Å². The molecule has 0 saturated carbocycles. The molecule has 160 valence electrons. The van der Waals surface area contributed by atoms with Crippen molar-refractivity contribution in [2.24, 2.45) is 0 Å². The van der Waals surface area contributed by atoms with E-state index in [2.05, 4.69) is 5.16 Å². The maximum absolute atomic E-state index is 11.0. The number of aliphatic carboxylic acids is 1. The van der Waals surface area contributed by atoms with Gasteiger partial charge in [-0.15, -0.1) is 0 Å². The molecule has 0 saturated heterocycles. The summed E-state index contributed by atoms with van der Waals surface area (Å²) >= 11 is 0. The van der Waals surface area contributed by atoms with Crippen LogP contribution in [0.5, 0.6) is 11.5 Å². The summed E-state index contributed by atoms with van der Waals surface area (Å²) in [4.78, 5) is 11.0. The summed E-state index contributed by atoms with van der Waals surface area (Å²) in [5, 5.41) is 13.8. The predicted molar refractivity (Wildman–Crippen MR) is 111 cm³/mol. The molecule has 4 aromatic rings. The van der Waals surface area contributed by atoms with Gasteiger partial charge in [-0.25, -0.2) is 0 Å². The van der Waals surface area contributed by atoms with Crippen molar-refractivity contribution in [1.82, 2.24) is 5.16 Å². The first-order valence-corrected chi connectivity index (χ1v) is 9.54. The number of hydrogen-bond donors (Lipinski definition) is 1. The van der Waals surface area contributed by atoms with Gasteiger partial charge in [-0.1, -0.05) is 23.4 Å². The summed E-state index contributed by atoms with van der Waals surface area (Å²) in [6.45, 7) is 0.674. The zero-order chi connectivity index (χ0) is 21.8. The van der Waals surface area contributed by atoms with Crippen LogP contribution in [0.3, 0.4) is 0 Å². The van der Waals surface area contributed by atoms with E-state index in [9.17, 15) is 4.79 Å². The minimum absolute atomic E-state index is 0.135. The predicted octanol–water partition coefficient (Wildman–Crippen LogP) is 4.45. The molecule has 1 N–H and O–H groups in total. The Balaban J connectivity index is 1.52. The molecule has 4 rings (SSSR count). The normalized spacial score (nSPS) is 11.0. The van der Waals surface area contributed by atoms with Gasteiger partial charge in [-0.05, 0) is 17.7 Å². The molecule has 8 heteroatoms. The van der Waals surface area contributed by atoms with Crippen LogP contribution in [0, 0.1) is 0 Å². The largest absolute Gasteiger partial charge is 0.493 e. The molecule has 0 atom stereocenters. The van der Waals surface area contributed by atoms with E-state index in [0.717, 1.165) is 11.1 Å². The Morgan fingerprint density at radius 1 is 1.10 bits per heavy atom. The minimum atomic E-state index is -0.934. The van der Waals surface area contributed by atoms with E-state index in [1.807, 2.05) is 30.3 Å². The second-order valence-corrected chi connectivity index (χ2v) is 6.94. The second-order valence-electron chi connectivity index (χ2n) is 6.94. The first kappa shape index (κ1) is 20.5. The summed E-state index contributed by atoms with van der Waals surface area (Å²) in [6.07, 6.45) is 1.30. The Bertz CT molecular complexity index is 1210. The average Bonchev–Trinajstić information content (AvgIpc) is 3.39. The number of carboxylic acids is 1. The Kier molecular flexibility index (Phi) is 5.90. The van der Waals surface area contributed by atoms with Crippen LogP contribution in [0.2, 0.25) is 0 Å². The summed E-state index contributed by atoms with van der Waals surface area (Å²) in [5.74, 6) is 0.620. The molecule has 2 heterocycles. The minimum Gasteiger partial charge on any atom is -0.493 e. The molecule has 0 aliphatic rings. The molecule has 0 aliphatic heterocycles. The highest BCUT2D eigenvalue weighted by molar-refractivity contribution is 5.88. The lowest BCUT2D eigenvalue weighted by atomic mass is 10.1. The number of benzene rings is 2. The monoisotopic (exact) mass is 423 g/mol. The van der Waals surface area contributed by atoms with Gasteiger partial charge >= 0.3 is 5.97 Å². The third-order valence-electron chi connectivity index (χ3n) is 4.74. The fraction of sp³-hybridized carbons (Fsp3) is 0.217. The lowest BCUT2D eigenvalue weighted by molar-refractivity contribution is -0.136. The van der Waals surface area contributed by atoms with Gasteiger partial charge in [0.25, 0.3) is 0 Å². The third kappa shape index (κ3) is 4.54. The highest BCUT2D eigenvalue weighted by Gasteiger charge is 2.16. The van der Waals surface area contributed by atoms with Crippen LogP contribution in [0.25, 0.3) is 22.3 Å². The Morgan fingerprint density at radius 2 is 1.97 bits per heavy atom. The molecule has 31 heavy (non-hydrogen) atoms. The first-order chi connectivity index (χ1) is 15.1. The van der Waals surface area contributed by atoms with Crippen LogP contribution in [0.1, 0.15) is 16.8 Å². The van der Waals surface area contributed by atoms with Gasteiger partial charge in [0.1, 0.15) is 17.9 Å². The van der Waals surface area contributed by atoms with E-state index in [1.54, 1.807) is 19.2 Å². The van der Waals surface area contributed by atoms with Crippen molar-refractivity contribution in [2.45, 2.75) is 19.6 Å². The van der Waals surface area contributed by atoms with Crippen molar-refractivity contribution in [1.29, 1.82) is 0 Å². The number of furan rings is 1. The van der Waals surface area contributed by atoms with Crippen LogP contribution in [-0.4, -0.2) is 30.5 Å². The molecular weight excluding hydrogens is 402 g/mol. The molecule has 0 bridgehead atoms. The fourth-order valence-corrected chi connectivity index (χ4v) is 3.31. The zero-order valence-electron chi connectivity index (χ0n) is 17.1.